The van der Waals surface area contributed by atoms with Crippen LogP contribution in [0.25, 0.3) is 5.69 Å². The van der Waals surface area contributed by atoms with Crippen LogP contribution >= 0.6 is 0 Å². The zero-order chi connectivity index (χ0) is 22.1. The van der Waals surface area contributed by atoms with Gasteiger partial charge in [0.05, 0.1) is 18.5 Å². The molecule has 158 valence electrons. The van der Waals surface area contributed by atoms with Crippen LogP contribution < -0.4 is 26.0 Å². The van der Waals surface area contributed by atoms with Crippen molar-refractivity contribution in [2.45, 2.75) is 11.9 Å². The fourth-order valence-electron chi connectivity index (χ4n) is 2.86. The maximum absolute atomic E-state index is 12.6. The normalized spacial score (nSPS) is 11.2. The Morgan fingerprint density at radius 1 is 1.03 bits per heavy atom. The number of anilines is 1. The number of sulfone groups is 1. The van der Waals surface area contributed by atoms with Crippen molar-refractivity contribution in [3.8, 4) is 22.9 Å². The molecule has 0 aliphatic carbocycles. The third kappa shape index (κ3) is 4.08. The highest BCUT2D eigenvalue weighted by molar-refractivity contribution is 7.90. The number of nitrogens with zero attached hydrogens (tertiary/aromatic N) is 1. The van der Waals surface area contributed by atoms with Gasteiger partial charge in [-0.15, -0.1) is 0 Å². The number of aromatic amines is 1. The van der Waals surface area contributed by atoms with Crippen LogP contribution in [0.15, 0.2) is 57.1 Å². The minimum Gasteiger partial charge on any atom is -0.494 e. The van der Waals surface area contributed by atoms with Gasteiger partial charge < -0.3 is 14.8 Å². The molecule has 3 rings (SSSR count). The number of rotatable bonds is 6. The third-order valence-corrected chi connectivity index (χ3v) is 5.43. The highest BCUT2D eigenvalue weighted by Crippen LogP contribution is 2.37. The van der Waals surface area contributed by atoms with Gasteiger partial charge in [-0.25, -0.2) is 17.8 Å². The summed E-state index contributed by atoms with van der Waals surface area (Å²) in [6.07, 6.45) is 0.901. The van der Waals surface area contributed by atoms with E-state index < -0.39 is 26.1 Å². The number of para-hydroxylation sites is 1. The molecule has 2 aromatic carbocycles. The van der Waals surface area contributed by atoms with E-state index in [2.05, 4.69) is 10.3 Å². The van der Waals surface area contributed by atoms with E-state index in [-0.39, 0.29) is 11.4 Å². The molecule has 0 saturated carbocycles. The van der Waals surface area contributed by atoms with E-state index in [1.165, 1.54) is 13.2 Å². The van der Waals surface area contributed by atoms with Crippen molar-refractivity contribution in [3.63, 3.8) is 0 Å². The van der Waals surface area contributed by atoms with Gasteiger partial charge in [-0.1, -0.05) is 18.2 Å². The molecule has 0 saturated heterocycles. The summed E-state index contributed by atoms with van der Waals surface area (Å²) in [5, 5.41) is 2.53. The van der Waals surface area contributed by atoms with Gasteiger partial charge in [-0.2, -0.15) is 0 Å². The van der Waals surface area contributed by atoms with E-state index in [0.717, 1.165) is 22.5 Å². The first kappa shape index (κ1) is 21.2. The highest BCUT2D eigenvalue weighted by atomic mass is 32.2. The Morgan fingerprint density at radius 3 is 2.30 bits per heavy atom. The summed E-state index contributed by atoms with van der Waals surface area (Å²) < 4.78 is 35.6. The molecule has 0 unspecified atom stereocenters. The largest absolute Gasteiger partial charge is 0.494 e. The number of nitrogens with one attached hydrogen (secondary N) is 2. The SMILES string of the molecule is CNc1cc(OC)c(-n2c(=O)cc(S(C)(=O)=O)[nH]c2=O)cc1Oc1ccccc1C. The van der Waals surface area contributed by atoms with Gasteiger partial charge in [0.15, 0.2) is 15.6 Å². The Balaban J connectivity index is 2.24. The maximum Gasteiger partial charge on any atom is 0.334 e. The number of hydrogen-bond acceptors (Lipinski definition) is 7. The molecule has 0 bridgehead atoms. The first-order chi connectivity index (χ1) is 14.2. The van der Waals surface area contributed by atoms with Crippen molar-refractivity contribution < 1.29 is 17.9 Å². The molecule has 9 nitrogen and oxygen atoms in total. The summed E-state index contributed by atoms with van der Waals surface area (Å²) in [5.41, 5.74) is -0.177. The molecule has 0 aliphatic heterocycles. The molecule has 0 amide bonds. The first-order valence-electron chi connectivity index (χ1n) is 8.85. The number of aryl methyl sites for hydroxylation is 1. The van der Waals surface area contributed by atoms with E-state index in [9.17, 15) is 18.0 Å². The van der Waals surface area contributed by atoms with Crippen LogP contribution in [-0.2, 0) is 9.84 Å². The van der Waals surface area contributed by atoms with Crippen LogP contribution in [0.3, 0.4) is 0 Å². The fourth-order valence-corrected chi connectivity index (χ4v) is 3.45. The zero-order valence-electron chi connectivity index (χ0n) is 16.8. The molecular formula is C20H21N3O6S. The van der Waals surface area contributed by atoms with Gasteiger partial charge in [0.2, 0.25) is 0 Å². The number of benzene rings is 2. The standard InChI is InChI=1S/C20H21N3O6S/c1-12-7-5-6-8-15(12)29-16-10-14(17(28-3)9-13(16)21-2)23-19(24)11-18(22-20(23)25)30(4,26)27/h5-11,21H,1-4H3,(H,22,25). The van der Waals surface area contributed by atoms with Gasteiger partial charge >= 0.3 is 5.69 Å². The zero-order valence-corrected chi connectivity index (χ0v) is 17.7. The molecule has 0 spiro atoms. The molecule has 0 radical (unpaired) electrons. The van der Waals surface area contributed by atoms with Crippen LogP contribution in [-0.4, -0.2) is 38.4 Å². The van der Waals surface area contributed by atoms with Gasteiger partial charge in [0.1, 0.15) is 16.5 Å². The van der Waals surface area contributed by atoms with Crippen molar-refractivity contribution in [3.05, 3.63) is 68.9 Å². The summed E-state index contributed by atoms with van der Waals surface area (Å²) in [6.45, 7) is 1.89. The molecule has 2 N–H and O–H groups in total. The van der Waals surface area contributed by atoms with Crippen LogP contribution in [0, 0.1) is 6.92 Å². The van der Waals surface area contributed by atoms with E-state index >= 15 is 0 Å². The van der Waals surface area contributed by atoms with Gasteiger partial charge in [-0.3, -0.25) is 9.78 Å². The van der Waals surface area contributed by atoms with E-state index in [1.54, 1.807) is 19.2 Å². The minimum atomic E-state index is -3.76. The van der Waals surface area contributed by atoms with Crippen molar-refractivity contribution in [1.82, 2.24) is 9.55 Å². The molecule has 0 atom stereocenters. The molecule has 0 aliphatic rings. The Kier molecular flexibility index (Phi) is 5.70. The lowest BCUT2D eigenvalue weighted by atomic mass is 10.2. The van der Waals surface area contributed by atoms with E-state index in [4.69, 9.17) is 9.47 Å². The van der Waals surface area contributed by atoms with Crippen LogP contribution in [0.5, 0.6) is 17.2 Å². The van der Waals surface area contributed by atoms with E-state index in [0.29, 0.717) is 17.2 Å². The second kappa shape index (κ2) is 8.07. The van der Waals surface area contributed by atoms with Crippen molar-refractivity contribution in [1.29, 1.82) is 0 Å². The number of hydrogen-bond donors (Lipinski definition) is 2. The first-order valence-corrected chi connectivity index (χ1v) is 10.7. The lowest BCUT2D eigenvalue weighted by Crippen LogP contribution is -2.35. The molecule has 3 aromatic rings. The van der Waals surface area contributed by atoms with Gasteiger partial charge in [-0.05, 0) is 18.6 Å². The average molecular weight is 431 g/mol. The van der Waals surface area contributed by atoms with Crippen LogP contribution in [0.2, 0.25) is 0 Å². The summed E-state index contributed by atoms with van der Waals surface area (Å²) in [5.74, 6) is 1.16. The number of ether oxygens (including phenoxy) is 2. The monoisotopic (exact) mass is 431 g/mol. The summed E-state index contributed by atoms with van der Waals surface area (Å²) in [6, 6.07) is 11.3. The summed E-state index contributed by atoms with van der Waals surface area (Å²) in [7, 11) is -0.675. The number of H-pyrrole nitrogens is 1. The highest BCUT2D eigenvalue weighted by Gasteiger charge is 2.19. The average Bonchev–Trinajstić information content (AvgIpc) is 2.68. The predicted molar refractivity (Wildman–Crippen MR) is 113 cm³/mol. The second-order valence-corrected chi connectivity index (χ2v) is 8.51. The van der Waals surface area contributed by atoms with E-state index in [1.807, 2.05) is 25.1 Å². The van der Waals surface area contributed by atoms with Crippen LogP contribution in [0.4, 0.5) is 5.69 Å². The molecule has 1 aromatic heterocycles. The smallest absolute Gasteiger partial charge is 0.334 e. The molecule has 30 heavy (non-hydrogen) atoms. The minimum absolute atomic E-state index is 0.103. The Hall–Kier alpha value is -3.53. The molecule has 1 heterocycles. The molecular weight excluding hydrogens is 410 g/mol. The summed E-state index contributed by atoms with van der Waals surface area (Å²) >= 11 is 0. The topological polar surface area (TPSA) is 119 Å². The lowest BCUT2D eigenvalue weighted by Gasteiger charge is -2.17. The quantitative estimate of drug-likeness (QED) is 0.574. The molecule has 0 fully saturated rings. The number of aromatic nitrogens is 2. The number of methoxy groups -OCH3 is 1. The lowest BCUT2D eigenvalue weighted by molar-refractivity contribution is 0.410. The Labute approximate surface area is 172 Å². The summed E-state index contributed by atoms with van der Waals surface area (Å²) in [4.78, 5) is 27.4. The maximum atomic E-state index is 12.6. The van der Waals surface area contributed by atoms with Crippen molar-refractivity contribution in [2.24, 2.45) is 0 Å². The van der Waals surface area contributed by atoms with Gasteiger partial charge in [0.25, 0.3) is 5.56 Å². The second-order valence-electron chi connectivity index (χ2n) is 6.52. The fraction of sp³-hybridized carbons (Fsp3) is 0.200. The van der Waals surface area contributed by atoms with Crippen molar-refractivity contribution >= 4 is 15.5 Å². The Morgan fingerprint density at radius 2 is 1.73 bits per heavy atom. The molecule has 10 heteroatoms. The van der Waals surface area contributed by atoms with Crippen molar-refractivity contribution in [2.75, 3.05) is 25.7 Å². The van der Waals surface area contributed by atoms with Gasteiger partial charge in [0, 0.05) is 31.5 Å². The Bertz CT molecular complexity index is 1290. The third-order valence-electron chi connectivity index (χ3n) is 4.41. The predicted octanol–water partition coefficient (Wildman–Crippen LogP) is 2.08. The van der Waals surface area contributed by atoms with Crippen LogP contribution in [0.1, 0.15) is 5.56 Å².